The molecule has 8 heteroatoms. The standard InChI is InChI=1S/C12H17N5O2S/c1-3-14-12(18)11-8(13)6-10(20-11)15-5-4-9-16-7(2)17-19-9/h6,15H,3-5,13H2,1-2H3,(H,14,18). The molecule has 0 aliphatic heterocycles. The van der Waals surface area contributed by atoms with Gasteiger partial charge < -0.3 is 20.9 Å². The number of aryl methyl sites for hydroxylation is 1. The Hall–Kier alpha value is -2.09. The molecular formula is C12H17N5O2S. The number of nitrogen functional groups attached to an aromatic ring is 1. The van der Waals surface area contributed by atoms with Gasteiger partial charge in [0.25, 0.3) is 5.91 Å². The van der Waals surface area contributed by atoms with Crippen LogP contribution in [0.25, 0.3) is 0 Å². The van der Waals surface area contributed by atoms with Gasteiger partial charge in [-0.05, 0) is 19.9 Å². The number of nitrogens with zero attached hydrogens (tertiary/aromatic N) is 2. The van der Waals surface area contributed by atoms with E-state index in [2.05, 4.69) is 20.8 Å². The molecule has 0 fully saturated rings. The first-order valence-electron chi connectivity index (χ1n) is 6.30. The molecule has 2 heterocycles. The van der Waals surface area contributed by atoms with E-state index in [0.717, 1.165) is 5.00 Å². The number of rotatable bonds is 6. The van der Waals surface area contributed by atoms with E-state index in [-0.39, 0.29) is 5.91 Å². The van der Waals surface area contributed by atoms with Gasteiger partial charge >= 0.3 is 0 Å². The molecule has 7 nitrogen and oxygen atoms in total. The van der Waals surface area contributed by atoms with Crippen LogP contribution in [0.15, 0.2) is 10.6 Å². The number of hydrogen-bond donors (Lipinski definition) is 3. The summed E-state index contributed by atoms with van der Waals surface area (Å²) in [7, 11) is 0. The van der Waals surface area contributed by atoms with Crippen molar-refractivity contribution >= 4 is 27.9 Å². The molecule has 4 N–H and O–H groups in total. The van der Waals surface area contributed by atoms with Crippen molar-refractivity contribution in [2.75, 3.05) is 24.1 Å². The molecule has 2 aromatic heterocycles. The summed E-state index contributed by atoms with van der Waals surface area (Å²) in [4.78, 5) is 16.4. The maximum absolute atomic E-state index is 11.7. The predicted molar refractivity (Wildman–Crippen MR) is 78.0 cm³/mol. The molecule has 0 aliphatic carbocycles. The van der Waals surface area contributed by atoms with Crippen molar-refractivity contribution in [3.05, 3.63) is 22.7 Å². The fourth-order valence-corrected chi connectivity index (χ4v) is 2.57. The van der Waals surface area contributed by atoms with E-state index in [0.29, 0.717) is 41.8 Å². The molecule has 2 rings (SSSR count). The third-order valence-corrected chi connectivity index (χ3v) is 3.62. The highest BCUT2D eigenvalue weighted by Crippen LogP contribution is 2.28. The van der Waals surface area contributed by atoms with Gasteiger partial charge in [-0.25, -0.2) is 0 Å². The zero-order chi connectivity index (χ0) is 14.5. The molecule has 0 spiro atoms. The number of thiophene rings is 1. The van der Waals surface area contributed by atoms with Gasteiger partial charge in [0.1, 0.15) is 4.88 Å². The molecule has 2 aromatic rings. The molecule has 20 heavy (non-hydrogen) atoms. The second kappa shape index (κ2) is 6.38. The first-order chi connectivity index (χ1) is 9.60. The minimum absolute atomic E-state index is 0.143. The Kier molecular flexibility index (Phi) is 4.57. The minimum atomic E-state index is -0.143. The maximum Gasteiger partial charge on any atom is 0.263 e. The molecule has 108 valence electrons. The van der Waals surface area contributed by atoms with Crippen molar-refractivity contribution in [2.45, 2.75) is 20.3 Å². The summed E-state index contributed by atoms with van der Waals surface area (Å²) in [6.45, 7) is 4.86. The second-order valence-electron chi connectivity index (χ2n) is 4.17. The monoisotopic (exact) mass is 295 g/mol. The van der Waals surface area contributed by atoms with Gasteiger partial charge in [0.05, 0.1) is 10.7 Å². The first kappa shape index (κ1) is 14.3. The van der Waals surface area contributed by atoms with Crippen molar-refractivity contribution in [1.29, 1.82) is 0 Å². The van der Waals surface area contributed by atoms with Crippen LogP contribution in [0.3, 0.4) is 0 Å². The lowest BCUT2D eigenvalue weighted by atomic mass is 10.3. The highest BCUT2D eigenvalue weighted by molar-refractivity contribution is 7.18. The quantitative estimate of drug-likeness (QED) is 0.744. The molecule has 0 saturated carbocycles. The number of anilines is 2. The van der Waals surface area contributed by atoms with Crippen LogP contribution < -0.4 is 16.4 Å². The van der Waals surface area contributed by atoms with Gasteiger partial charge in [-0.1, -0.05) is 5.16 Å². The molecular weight excluding hydrogens is 278 g/mol. The summed E-state index contributed by atoms with van der Waals surface area (Å²) in [5.41, 5.74) is 6.31. The Morgan fingerprint density at radius 1 is 1.55 bits per heavy atom. The SMILES string of the molecule is CCNC(=O)c1sc(NCCc2nc(C)no2)cc1N. The highest BCUT2D eigenvalue weighted by Gasteiger charge is 2.13. The Bertz CT molecular complexity index is 592. The lowest BCUT2D eigenvalue weighted by molar-refractivity contribution is 0.0960. The van der Waals surface area contributed by atoms with Crippen LogP contribution >= 0.6 is 11.3 Å². The van der Waals surface area contributed by atoms with E-state index >= 15 is 0 Å². The zero-order valence-corrected chi connectivity index (χ0v) is 12.2. The Balaban J connectivity index is 1.90. The molecule has 0 aliphatic rings. The predicted octanol–water partition coefficient (Wildman–Crippen LogP) is 1.43. The second-order valence-corrected chi connectivity index (χ2v) is 5.22. The lowest BCUT2D eigenvalue weighted by Crippen LogP contribution is -2.22. The highest BCUT2D eigenvalue weighted by atomic mass is 32.1. The van der Waals surface area contributed by atoms with Crippen molar-refractivity contribution < 1.29 is 9.32 Å². The summed E-state index contributed by atoms with van der Waals surface area (Å²) in [5, 5.41) is 10.5. The van der Waals surface area contributed by atoms with Crippen LogP contribution in [0.2, 0.25) is 0 Å². The van der Waals surface area contributed by atoms with Gasteiger partial charge in [0.2, 0.25) is 5.89 Å². The third kappa shape index (κ3) is 3.47. The number of hydrogen-bond acceptors (Lipinski definition) is 7. The number of aromatic nitrogens is 2. The molecule has 1 amide bonds. The molecule has 0 saturated heterocycles. The minimum Gasteiger partial charge on any atom is -0.397 e. The maximum atomic E-state index is 11.7. The summed E-state index contributed by atoms with van der Waals surface area (Å²) < 4.78 is 5.01. The number of carbonyl (C=O) groups is 1. The van der Waals surface area contributed by atoms with E-state index in [9.17, 15) is 4.79 Å². The van der Waals surface area contributed by atoms with Crippen LogP contribution in [-0.2, 0) is 6.42 Å². The average Bonchev–Trinajstić information content (AvgIpc) is 2.96. The van der Waals surface area contributed by atoms with E-state index in [1.54, 1.807) is 13.0 Å². The van der Waals surface area contributed by atoms with Crippen LogP contribution in [0, 0.1) is 6.92 Å². The topological polar surface area (TPSA) is 106 Å². The van der Waals surface area contributed by atoms with Crippen LogP contribution in [0.1, 0.15) is 28.3 Å². The van der Waals surface area contributed by atoms with Crippen molar-refractivity contribution in [3.8, 4) is 0 Å². The van der Waals surface area contributed by atoms with Crippen LogP contribution in [0.4, 0.5) is 10.7 Å². The Morgan fingerprint density at radius 3 is 3.00 bits per heavy atom. The summed E-state index contributed by atoms with van der Waals surface area (Å²) in [6, 6.07) is 1.76. The Morgan fingerprint density at radius 2 is 2.35 bits per heavy atom. The molecule has 0 radical (unpaired) electrons. The number of carbonyl (C=O) groups excluding carboxylic acids is 1. The fraction of sp³-hybridized carbons (Fsp3) is 0.417. The molecule has 0 unspecified atom stereocenters. The number of amides is 1. The van der Waals surface area contributed by atoms with E-state index in [1.807, 2.05) is 6.92 Å². The molecule has 0 bridgehead atoms. The Labute approximate surface area is 120 Å². The van der Waals surface area contributed by atoms with Gasteiger partial charge in [-0.15, -0.1) is 11.3 Å². The first-order valence-corrected chi connectivity index (χ1v) is 7.12. The number of nitrogens with one attached hydrogen (secondary N) is 2. The number of nitrogens with two attached hydrogens (primary N) is 1. The van der Waals surface area contributed by atoms with E-state index in [4.69, 9.17) is 10.3 Å². The summed E-state index contributed by atoms with van der Waals surface area (Å²) in [6.07, 6.45) is 0.620. The normalized spacial score (nSPS) is 10.5. The van der Waals surface area contributed by atoms with Crippen LogP contribution in [-0.4, -0.2) is 29.1 Å². The van der Waals surface area contributed by atoms with Gasteiger partial charge in [0, 0.05) is 19.5 Å². The van der Waals surface area contributed by atoms with Crippen LogP contribution in [0.5, 0.6) is 0 Å². The van der Waals surface area contributed by atoms with Gasteiger partial charge in [0.15, 0.2) is 5.82 Å². The largest absolute Gasteiger partial charge is 0.397 e. The van der Waals surface area contributed by atoms with Crippen molar-refractivity contribution in [1.82, 2.24) is 15.5 Å². The fourth-order valence-electron chi connectivity index (χ4n) is 1.64. The van der Waals surface area contributed by atoms with Gasteiger partial charge in [-0.2, -0.15) is 4.98 Å². The summed E-state index contributed by atoms with van der Waals surface area (Å²) in [5.74, 6) is 1.07. The van der Waals surface area contributed by atoms with E-state index < -0.39 is 0 Å². The van der Waals surface area contributed by atoms with Crippen molar-refractivity contribution in [2.24, 2.45) is 0 Å². The summed E-state index contributed by atoms with van der Waals surface area (Å²) >= 11 is 1.33. The smallest absolute Gasteiger partial charge is 0.263 e. The average molecular weight is 295 g/mol. The molecule has 0 aromatic carbocycles. The molecule has 0 atom stereocenters. The van der Waals surface area contributed by atoms with E-state index in [1.165, 1.54) is 11.3 Å². The lowest BCUT2D eigenvalue weighted by Gasteiger charge is -2.00. The third-order valence-electron chi connectivity index (χ3n) is 2.51. The zero-order valence-electron chi connectivity index (χ0n) is 11.4. The van der Waals surface area contributed by atoms with Crippen molar-refractivity contribution in [3.63, 3.8) is 0 Å². The van der Waals surface area contributed by atoms with Gasteiger partial charge in [-0.3, -0.25) is 4.79 Å².